The molecule has 1 atom stereocenters. The summed E-state index contributed by atoms with van der Waals surface area (Å²) in [7, 11) is 0. The zero-order valence-corrected chi connectivity index (χ0v) is 10.2. The Morgan fingerprint density at radius 2 is 2.18 bits per heavy atom. The van der Waals surface area contributed by atoms with Gasteiger partial charge in [-0.25, -0.2) is 0 Å². The Morgan fingerprint density at radius 3 is 2.76 bits per heavy atom. The Morgan fingerprint density at radius 1 is 1.41 bits per heavy atom. The van der Waals surface area contributed by atoms with Gasteiger partial charge in [-0.15, -0.1) is 11.3 Å². The fraction of sp³-hybridized carbons (Fsp3) is 0.636. The predicted molar refractivity (Wildman–Crippen MR) is 61.8 cm³/mol. The Labute approximate surface area is 102 Å². The van der Waals surface area contributed by atoms with Gasteiger partial charge < -0.3 is 5.73 Å². The van der Waals surface area contributed by atoms with Crippen LogP contribution in [0.25, 0.3) is 0 Å². The molecule has 0 aromatic carbocycles. The number of thiophene rings is 1. The maximum Gasteiger partial charge on any atom is 0.425 e. The Balaban J connectivity index is 1.97. The van der Waals surface area contributed by atoms with E-state index in [0.29, 0.717) is 6.54 Å². The van der Waals surface area contributed by atoms with Gasteiger partial charge in [0.15, 0.2) is 0 Å². The summed E-state index contributed by atoms with van der Waals surface area (Å²) in [6.07, 6.45) is -2.19. The van der Waals surface area contributed by atoms with Gasteiger partial charge in [0.25, 0.3) is 0 Å². The largest absolute Gasteiger partial charge is 0.425 e. The highest BCUT2D eigenvalue weighted by molar-refractivity contribution is 7.12. The molecule has 1 saturated heterocycles. The number of hydrogen-bond donors (Lipinski definition) is 1. The van der Waals surface area contributed by atoms with Crippen LogP contribution >= 0.6 is 11.3 Å². The molecule has 1 aliphatic heterocycles. The third kappa shape index (κ3) is 3.43. The lowest BCUT2D eigenvalue weighted by Crippen LogP contribution is -2.42. The van der Waals surface area contributed by atoms with Gasteiger partial charge >= 0.3 is 6.18 Å². The van der Waals surface area contributed by atoms with Crippen molar-refractivity contribution in [2.75, 3.05) is 13.1 Å². The molecule has 6 heteroatoms. The molecule has 0 radical (unpaired) electrons. The molecule has 0 aliphatic carbocycles. The van der Waals surface area contributed by atoms with E-state index in [1.165, 1.54) is 0 Å². The van der Waals surface area contributed by atoms with Crippen LogP contribution in [0.15, 0.2) is 12.1 Å². The minimum absolute atomic E-state index is 0.158. The van der Waals surface area contributed by atoms with Crippen molar-refractivity contribution in [2.24, 2.45) is 5.73 Å². The first-order valence-electron chi connectivity index (χ1n) is 5.59. The zero-order chi connectivity index (χ0) is 12.5. The normalized spacial score (nSPS) is 22.9. The predicted octanol–water partition coefficient (Wildman–Crippen LogP) is 2.69. The van der Waals surface area contributed by atoms with Crippen LogP contribution in [0, 0.1) is 0 Å². The molecule has 2 N–H and O–H groups in total. The summed E-state index contributed by atoms with van der Waals surface area (Å²) in [6.45, 7) is 2.28. The standard InChI is InChI=1S/C11H15F3N2S/c12-11(13,14)10-4-3-9(17-10)7-16-5-1-2-8(15)6-16/h3-4,8H,1-2,5-7,15H2. The SMILES string of the molecule is NC1CCCN(Cc2ccc(C(F)(F)F)s2)C1. The zero-order valence-electron chi connectivity index (χ0n) is 9.33. The van der Waals surface area contributed by atoms with Crippen LogP contribution in [0.3, 0.4) is 0 Å². The van der Waals surface area contributed by atoms with Crippen molar-refractivity contribution in [3.05, 3.63) is 21.9 Å². The van der Waals surface area contributed by atoms with Crippen LogP contribution in [-0.4, -0.2) is 24.0 Å². The lowest BCUT2D eigenvalue weighted by atomic mass is 10.1. The van der Waals surface area contributed by atoms with Gasteiger partial charge in [0.1, 0.15) is 4.88 Å². The average Bonchev–Trinajstić information content (AvgIpc) is 2.65. The minimum Gasteiger partial charge on any atom is -0.327 e. The van der Waals surface area contributed by atoms with Crippen molar-refractivity contribution in [3.8, 4) is 0 Å². The number of halogens is 3. The topological polar surface area (TPSA) is 29.3 Å². The Hall–Kier alpha value is -0.590. The second-order valence-electron chi connectivity index (χ2n) is 4.40. The van der Waals surface area contributed by atoms with Gasteiger partial charge in [-0.3, -0.25) is 4.90 Å². The number of nitrogens with two attached hydrogens (primary N) is 1. The first-order valence-corrected chi connectivity index (χ1v) is 6.40. The molecule has 0 amide bonds. The second-order valence-corrected chi connectivity index (χ2v) is 5.57. The van der Waals surface area contributed by atoms with E-state index in [2.05, 4.69) is 4.90 Å². The highest BCUT2D eigenvalue weighted by Crippen LogP contribution is 2.35. The highest BCUT2D eigenvalue weighted by Gasteiger charge is 2.32. The summed E-state index contributed by atoms with van der Waals surface area (Å²) in [5.74, 6) is 0. The molecule has 0 bridgehead atoms. The van der Waals surface area contributed by atoms with Gasteiger partial charge in [0.05, 0.1) is 0 Å². The molecule has 1 aliphatic rings. The molecule has 0 saturated carbocycles. The summed E-state index contributed by atoms with van der Waals surface area (Å²) in [6, 6.07) is 2.88. The Kier molecular flexibility index (Phi) is 3.75. The summed E-state index contributed by atoms with van der Waals surface area (Å²) < 4.78 is 37.3. The number of likely N-dealkylation sites (tertiary alicyclic amines) is 1. The van der Waals surface area contributed by atoms with E-state index in [4.69, 9.17) is 5.73 Å². The summed E-state index contributed by atoms with van der Waals surface area (Å²) in [5.41, 5.74) is 5.83. The lowest BCUT2D eigenvalue weighted by molar-refractivity contribution is -0.134. The molecule has 0 spiro atoms. The third-order valence-electron chi connectivity index (χ3n) is 2.86. The van der Waals surface area contributed by atoms with Gasteiger partial charge in [-0.1, -0.05) is 0 Å². The maximum atomic E-state index is 12.4. The summed E-state index contributed by atoms with van der Waals surface area (Å²) >= 11 is 0.827. The van der Waals surface area contributed by atoms with E-state index in [0.717, 1.165) is 48.2 Å². The number of piperidine rings is 1. The van der Waals surface area contributed by atoms with Crippen LogP contribution in [0.2, 0.25) is 0 Å². The number of nitrogens with zero attached hydrogens (tertiary/aromatic N) is 1. The molecule has 1 aromatic heterocycles. The first kappa shape index (κ1) is 12.9. The van der Waals surface area contributed by atoms with Gasteiger partial charge in [-0.2, -0.15) is 13.2 Å². The van der Waals surface area contributed by atoms with Crippen molar-refractivity contribution in [3.63, 3.8) is 0 Å². The molecule has 1 fully saturated rings. The van der Waals surface area contributed by atoms with Crippen molar-refractivity contribution >= 4 is 11.3 Å². The van der Waals surface area contributed by atoms with Crippen LogP contribution in [0.1, 0.15) is 22.6 Å². The monoisotopic (exact) mass is 264 g/mol. The molecule has 17 heavy (non-hydrogen) atoms. The first-order chi connectivity index (χ1) is 7.95. The van der Waals surface area contributed by atoms with E-state index < -0.39 is 11.1 Å². The van der Waals surface area contributed by atoms with Crippen LogP contribution in [0.4, 0.5) is 13.2 Å². The maximum absolute atomic E-state index is 12.4. The van der Waals surface area contributed by atoms with Crippen molar-refractivity contribution in [1.29, 1.82) is 0 Å². The molecule has 2 nitrogen and oxygen atoms in total. The van der Waals surface area contributed by atoms with Crippen LogP contribution in [-0.2, 0) is 12.7 Å². The molecule has 2 heterocycles. The van der Waals surface area contributed by atoms with Crippen molar-refractivity contribution < 1.29 is 13.2 Å². The summed E-state index contributed by atoms with van der Waals surface area (Å²) in [5, 5.41) is 0. The average molecular weight is 264 g/mol. The van der Waals surface area contributed by atoms with E-state index >= 15 is 0 Å². The third-order valence-corrected chi connectivity index (χ3v) is 3.98. The van der Waals surface area contributed by atoms with Gasteiger partial charge in [0, 0.05) is 24.0 Å². The fourth-order valence-electron chi connectivity index (χ4n) is 2.07. The Bertz CT molecular complexity index is 375. The molecule has 1 aromatic rings. The van der Waals surface area contributed by atoms with Crippen molar-refractivity contribution in [2.45, 2.75) is 31.6 Å². The quantitative estimate of drug-likeness (QED) is 0.890. The van der Waals surface area contributed by atoms with Gasteiger partial charge in [-0.05, 0) is 31.5 Å². The number of rotatable bonds is 2. The van der Waals surface area contributed by atoms with E-state index in [1.54, 1.807) is 6.07 Å². The molecular formula is C11H15F3N2S. The van der Waals surface area contributed by atoms with Crippen LogP contribution < -0.4 is 5.73 Å². The van der Waals surface area contributed by atoms with E-state index in [-0.39, 0.29) is 6.04 Å². The fourth-order valence-corrected chi connectivity index (χ4v) is 2.99. The number of alkyl halides is 3. The van der Waals surface area contributed by atoms with Crippen molar-refractivity contribution in [1.82, 2.24) is 4.90 Å². The highest BCUT2D eigenvalue weighted by atomic mass is 32.1. The van der Waals surface area contributed by atoms with E-state index in [9.17, 15) is 13.2 Å². The van der Waals surface area contributed by atoms with Crippen LogP contribution in [0.5, 0.6) is 0 Å². The molecule has 2 rings (SSSR count). The summed E-state index contributed by atoms with van der Waals surface area (Å²) in [4.78, 5) is 2.36. The van der Waals surface area contributed by atoms with E-state index in [1.807, 2.05) is 0 Å². The number of hydrogen-bond acceptors (Lipinski definition) is 3. The smallest absolute Gasteiger partial charge is 0.327 e. The molecular weight excluding hydrogens is 249 g/mol. The van der Waals surface area contributed by atoms with Gasteiger partial charge in [0.2, 0.25) is 0 Å². The molecule has 96 valence electrons. The second kappa shape index (κ2) is 4.96. The lowest BCUT2D eigenvalue weighted by Gasteiger charge is -2.30. The molecule has 1 unspecified atom stereocenters. The minimum atomic E-state index is -4.22.